The van der Waals surface area contributed by atoms with Gasteiger partial charge in [-0.25, -0.2) is 4.39 Å². The summed E-state index contributed by atoms with van der Waals surface area (Å²) in [7, 11) is 1.58. The fraction of sp³-hybridized carbons (Fsp3) is 0.533. The zero-order chi connectivity index (χ0) is 15.1. The van der Waals surface area contributed by atoms with E-state index in [4.69, 9.17) is 9.47 Å². The van der Waals surface area contributed by atoms with Crippen molar-refractivity contribution in [2.75, 3.05) is 46.5 Å². The number of carbonyl (C=O) groups is 1. The molecule has 1 aromatic carbocycles. The van der Waals surface area contributed by atoms with Gasteiger partial charge in [0.15, 0.2) is 0 Å². The first kappa shape index (κ1) is 15.9. The normalized spacial score (nSPS) is 15.2. The van der Waals surface area contributed by atoms with E-state index in [2.05, 4.69) is 5.32 Å². The summed E-state index contributed by atoms with van der Waals surface area (Å²) in [6.07, 6.45) is 0. The number of carbonyl (C=O) groups excluding carboxylic acids is 1. The summed E-state index contributed by atoms with van der Waals surface area (Å²) in [6.45, 7) is 3.93. The summed E-state index contributed by atoms with van der Waals surface area (Å²) in [5.74, 6) is -0.418. The van der Waals surface area contributed by atoms with Crippen LogP contribution in [0.25, 0.3) is 0 Å². The number of rotatable bonds is 6. The number of hydrogen-bond donors (Lipinski definition) is 1. The Kier molecular flexibility index (Phi) is 6.10. The Labute approximate surface area is 124 Å². The summed E-state index contributed by atoms with van der Waals surface area (Å²) in [6, 6.07) is 4.43. The number of ether oxygens (including phenoxy) is 2. The second-order valence-electron chi connectivity index (χ2n) is 4.89. The predicted molar refractivity (Wildman–Crippen MR) is 76.7 cm³/mol. The van der Waals surface area contributed by atoms with Gasteiger partial charge in [-0.05, 0) is 18.2 Å². The Bertz CT molecular complexity index is 476. The topological polar surface area (TPSA) is 50.8 Å². The average Bonchev–Trinajstić information content (AvgIpc) is 2.53. The van der Waals surface area contributed by atoms with Crippen LogP contribution in [-0.2, 0) is 16.1 Å². The van der Waals surface area contributed by atoms with Gasteiger partial charge in [0.2, 0.25) is 0 Å². The number of benzene rings is 1. The third kappa shape index (κ3) is 4.49. The van der Waals surface area contributed by atoms with Crippen LogP contribution in [0.2, 0.25) is 0 Å². The van der Waals surface area contributed by atoms with Gasteiger partial charge in [0.1, 0.15) is 5.82 Å². The van der Waals surface area contributed by atoms with Gasteiger partial charge in [-0.2, -0.15) is 0 Å². The minimum atomic E-state index is -0.357. The molecule has 0 unspecified atom stereocenters. The third-order valence-electron chi connectivity index (χ3n) is 3.39. The molecule has 116 valence electrons. The van der Waals surface area contributed by atoms with Gasteiger partial charge in [-0.1, -0.05) is 0 Å². The first-order valence-corrected chi connectivity index (χ1v) is 7.07. The van der Waals surface area contributed by atoms with Crippen LogP contribution in [0.5, 0.6) is 0 Å². The van der Waals surface area contributed by atoms with E-state index in [1.165, 1.54) is 12.1 Å². The second kappa shape index (κ2) is 8.07. The van der Waals surface area contributed by atoms with Crippen LogP contribution in [0.3, 0.4) is 0 Å². The summed E-state index contributed by atoms with van der Waals surface area (Å²) < 4.78 is 23.9. The van der Waals surface area contributed by atoms with Crippen molar-refractivity contribution in [1.82, 2.24) is 10.2 Å². The number of amides is 1. The first-order valence-electron chi connectivity index (χ1n) is 7.07. The highest BCUT2D eigenvalue weighted by molar-refractivity contribution is 5.94. The molecule has 1 heterocycles. The summed E-state index contributed by atoms with van der Waals surface area (Å²) in [4.78, 5) is 14.1. The van der Waals surface area contributed by atoms with Gasteiger partial charge in [0.25, 0.3) is 5.91 Å². The number of nitrogens with one attached hydrogen (secondary N) is 1. The third-order valence-corrected chi connectivity index (χ3v) is 3.39. The van der Waals surface area contributed by atoms with Gasteiger partial charge >= 0.3 is 0 Å². The van der Waals surface area contributed by atoms with Gasteiger partial charge in [-0.15, -0.1) is 0 Å². The average molecular weight is 296 g/mol. The zero-order valence-corrected chi connectivity index (χ0v) is 12.2. The molecular weight excluding hydrogens is 275 g/mol. The van der Waals surface area contributed by atoms with E-state index in [0.717, 1.165) is 13.1 Å². The molecule has 1 amide bonds. The van der Waals surface area contributed by atoms with Gasteiger partial charge in [0, 0.05) is 44.4 Å². The lowest BCUT2D eigenvalue weighted by atomic mass is 10.1. The van der Waals surface area contributed by atoms with Crippen molar-refractivity contribution in [3.63, 3.8) is 0 Å². The molecule has 1 saturated heterocycles. The molecule has 6 heteroatoms. The highest BCUT2D eigenvalue weighted by atomic mass is 19.1. The first-order chi connectivity index (χ1) is 10.2. The lowest BCUT2D eigenvalue weighted by molar-refractivity contribution is 0.0602. The Morgan fingerprint density at radius 1 is 1.33 bits per heavy atom. The van der Waals surface area contributed by atoms with Crippen molar-refractivity contribution >= 4 is 5.91 Å². The van der Waals surface area contributed by atoms with Crippen LogP contribution in [-0.4, -0.2) is 57.3 Å². The van der Waals surface area contributed by atoms with Crippen molar-refractivity contribution < 1.29 is 18.7 Å². The molecule has 0 aliphatic carbocycles. The molecular formula is C15H21FN2O3. The molecule has 0 saturated carbocycles. The number of piperazine rings is 1. The van der Waals surface area contributed by atoms with E-state index in [-0.39, 0.29) is 18.3 Å². The molecule has 0 bridgehead atoms. The summed E-state index contributed by atoms with van der Waals surface area (Å²) in [5.41, 5.74) is 0.899. The quantitative estimate of drug-likeness (QED) is 0.797. The van der Waals surface area contributed by atoms with Crippen molar-refractivity contribution in [2.45, 2.75) is 6.61 Å². The largest absolute Gasteiger partial charge is 0.382 e. The van der Waals surface area contributed by atoms with E-state index >= 15 is 0 Å². The van der Waals surface area contributed by atoms with E-state index < -0.39 is 0 Å². The fourth-order valence-electron chi connectivity index (χ4n) is 2.19. The minimum Gasteiger partial charge on any atom is -0.382 e. The van der Waals surface area contributed by atoms with Crippen molar-refractivity contribution in [3.8, 4) is 0 Å². The fourth-order valence-corrected chi connectivity index (χ4v) is 2.19. The van der Waals surface area contributed by atoms with Crippen LogP contribution >= 0.6 is 0 Å². The summed E-state index contributed by atoms with van der Waals surface area (Å²) >= 11 is 0. The SMILES string of the molecule is COCCOCc1cc(C(=O)N2CCNCC2)ccc1F. The molecule has 2 rings (SSSR count). The Morgan fingerprint density at radius 3 is 2.81 bits per heavy atom. The molecule has 5 nitrogen and oxygen atoms in total. The molecule has 0 radical (unpaired) electrons. The van der Waals surface area contributed by atoms with Crippen molar-refractivity contribution in [1.29, 1.82) is 0 Å². The summed E-state index contributed by atoms with van der Waals surface area (Å²) in [5, 5.41) is 3.20. The number of hydrogen-bond acceptors (Lipinski definition) is 4. The molecule has 0 spiro atoms. The van der Waals surface area contributed by atoms with E-state index in [1.807, 2.05) is 0 Å². The molecule has 1 aliphatic rings. The molecule has 0 aromatic heterocycles. The van der Waals surface area contributed by atoms with Crippen LogP contribution < -0.4 is 5.32 Å². The van der Waals surface area contributed by atoms with Crippen LogP contribution in [0.15, 0.2) is 18.2 Å². The lowest BCUT2D eigenvalue weighted by Gasteiger charge is -2.27. The van der Waals surface area contributed by atoms with Crippen LogP contribution in [0.4, 0.5) is 4.39 Å². The predicted octanol–water partition coefficient (Wildman–Crippen LogP) is 1.03. The van der Waals surface area contributed by atoms with E-state index in [1.54, 1.807) is 18.1 Å². The van der Waals surface area contributed by atoms with Crippen molar-refractivity contribution in [2.24, 2.45) is 0 Å². The number of halogens is 1. The Balaban J connectivity index is 2.01. The van der Waals surface area contributed by atoms with Crippen LogP contribution in [0, 0.1) is 5.82 Å². The highest BCUT2D eigenvalue weighted by Gasteiger charge is 2.18. The van der Waals surface area contributed by atoms with Gasteiger partial charge in [0.05, 0.1) is 19.8 Å². The molecule has 0 atom stereocenters. The smallest absolute Gasteiger partial charge is 0.253 e. The number of methoxy groups -OCH3 is 1. The Morgan fingerprint density at radius 2 is 2.10 bits per heavy atom. The maximum absolute atomic E-state index is 13.7. The van der Waals surface area contributed by atoms with E-state index in [0.29, 0.717) is 37.4 Å². The second-order valence-corrected chi connectivity index (χ2v) is 4.89. The van der Waals surface area contributed by atoms with E-state index in [9.17, 15) is 9.18 Å². The minimum absolute atomic E-state index is 0.0605. The molecule has 1 aliphatic heterocycles. The zero-order valence-electron chi connectivity index (χ0n) is 12.2. The lowest BCUT2D eigenvalue weighted by Crippen LogP contribution is -2.46. The Hall–Kier alpha value is -1.50. The van der Waals surface area contributed by atoms with Crippen LogP contribution in [0.1, 0.15) is 15.9 Å². The molecule has 1 aromatic rings. The molecule has 1 N–H and O–H groups in total. The monoisotopic (exact) mass is 296 g/mol. The number of nitrogens with zero attached hydrogens (tertiary/aromatic N) is 1. The highest BCUT2D eigenvalue weighted by Crippen LogP contribution is 2.14. The van der Waals surface area contributed by atoms with Gasteiger partial charge < -0.3 is 19.7 Å². The van der Waals surface area contributed by atoms with Gasteiger partial charge in [-0.3, -0.25) is 4.79 Å². The molecule has 21 heavy (non-hydrogen) atoms. The maximum Gasteiger partial charge on any atom is 0.253 e. The molecule has 1 fully saturated rings. The standard InChI is InChI=1S/C15H21FN2O3/c1-20-8-9-21-11-13-10-12(2-3-14(13)16)15(19)18-6-4-17-5-7-18/h2-3,10,17H,4-9,11H2,1H3. The maximum atomic E-state index is 13.7. The van der Waals surface area contributed by atoms with Crippen molar-refractivity contribution in [3.05, 3.63) is 35.1 Å².